The number of aldehydes is 2. The van der Waals surface area contributed by atoms with Crippen molar-refractivity contribution in [3.63, 3.8) is 0 Å². The molecule has 0 spiro atoms. The molecule has 2 unspecified atom stereocenters. The number of benzene rings is 1. The first-order valence-corrected chi connectivity index (χ1v) is 13.3. The van der Waals surface area contributed by atoms with E-state index in [1.807, 2.05) is 43.4 Å². The van der Waals surface area contributed by atoms with Crippen molar-refractivity contribution in [1.29, 1.82) is 5.26 Å². The highest BCUT2D eigenvalue weighted by Crippen LogP contribution is 2.22. The average molecular weight is 532 g/mol. The van der Waals surface area contributed by atoms with Crippen LogP contribution in [0.1, 0.15) is 65.7 Å². The number of amides is 2. The average Bonchev–Trinajstić information content (AvgIpc) is 3.62. The molecule has 0 radical (unpaired) electrons. The van der Waals surface area contributed by atoms with Crippen LogP contribution in [-0.4, -0.2) is 69.6 Å². The normalized spacial score (nSPS) is 17.4. The molecule has 38 heavy (non-hydrogen) atoms. The van der Waals surface area contributed by atoms with Crippen LogP contribution in [0.2, 0.25) is 0 Å². The quantitative estimate of drug-likeness (QED) is 0.456. The molecule has 3 rings (SSSR count). The van der Waals surface area contributed by atoms with Crippen LogP contribution >= 0.6 is 0 Å². The number of carbonyl (C=O) groups is 4. The molecular weight excluding hydrogens is 482 g/mol. The van der Waals surface area contributed by atoms with E-state index >= 15 is 0 Å². The summed E-state index contributed by atoms with van der Waals surface area (Å²) in [5.41, 5.74) is 1.16. The lowest BCUT2D eigenvalue weighted by Gasteiger charge is -2.18. The minimum atomic E-state index is -0.514. The number of nitriles is 1. The number of nitrogens with one attached hydrogen (secondary N) is 3. The van der Waals surface area contributed by atoms with Crippen molar-refractivity contribution in [3.8, 4) is 6.07 Å². The van der Waals surface area contributed by atoms with Crippen molar-refractivity contribution in [3.05, 3.63) is 30.3 Å². The fourth-order valence-electron chi connectivity index (χ4n) is 3.51. The predicted octanol–water partition coefficient (Wildman–Crippen LogP) is 3.81. The van der Waals surface area contributed by atoms with Crippen LogP contribution in [0.25, 0.3) is 0 Å². The zero-order chi connectivity index (χ0) is 29.2. The van der Waals surface area contributed by atoms with Gasteiger partial charge >= 0.3 is 0 Å². The van der Waals surface area contributed by atoms with Gasteiger partial charge in [0.05, 0.1) is 6.07 Å². The Morgan fingerprint density at radius 2 is 1.63 bits per heavy atom. The van der Waals surface area contributed by atoms with Gasteiger partial charge < -0.3 is 30.4 Å². The molecule has 1 saturated heterocycles. The van der Waals surface area contributed by atoms with Gasteiger partial charge in [-0.2, -0.15) is 5.26 Å². The van der Waals surface area contributed by atoms with Gasteiger partial charge in [-0.05, 0) is 44.4 Å². The summed E-state index contributed by atoms with van der Waals surface area (Å²) in [6.07, 6.45) is 8.44. The second kappa shape index (κ2) is 25.4. The zero-order valence-corrected chi connectivity index (χ0v) is 24.1. The predicted molar refractivity (Wildman–Crippen MR) is 154 cm³/mol. The van der Waals surface area contributed by atoms with Crippen molar-refractivity contribution in [2.75, 3.05) is 33.0 Å². The maximum atomic E-state index is 11.5. The molecule has 1 aliphatic heterocycles. The Labute approximate surface area is 229 Å². The summed E-state index contributed by atoms with van der Waals surface area (Å²) < 4.78 is 0. The van der Waals surface area contributed by atoms with Crippen molar-refractivity contribution in [2.24, 2.45) is 11.8 Å². The minimum Gasteiger partial charge on any atom is -0.388 e. The molecule has 0 aromatic heterocycles. The minimum absolute atomic E-state index is 0.118. The van der Waals surface area contributed by atoms with Gasteiger partial charge in [-0.15, -0.1) is 0 Å². The number of rotatable bonds is 7. The van der Waals surface area contributed by atoms with Crippen LogP contribution in [0.15, 0.2) is 30.3 Å². The number of para-hydroxylation sites is 1. The van der Waals surface area contributed by atoms with Crippen LogP contribution < -0.4 is 16.0 Å². The molecule has 1 aliphatic carbocycles. The summed E-state index contributed by atoms with van der Waals surface area (Å²) >= 11 is 0. The summed E-state index contributed by atoms with van der Waals surface area (Å²) in [6.45, 7) is 6.80. The molecule has 2 atom stereocenters. The van der Waals surface area contributed by atoms with Crippen LogP contribution in [0, 0.1) is 23.2 Å². The summed E-state index contributed by atoms with van der Waals surface area (Å²) in [4.78, 5) is 42.6. The second-order valence-corrected chi connectivity index (χ2v) is 9.55. The van der Waals surface area contributed by atoms with Crippen LogP contribution in [0.5, 0.6) is 0 Å². The Hall–Kier alpha value is -3.25. The molecule has 2 aliphatic rings. The molecule has 9 heteroatoms. The number of hydrogen-bond acceptors (Lipinski definition) is 7. The first-order valence-electron chi connectivity index (χ1n) is 13.3. The third-order valence-corrected chi connectivity index (χ3v) is 5.42. The van der Waals surface area contributed by atoms with E-state index in [0.29, 0.717) is 25.7 Å². The third kappa shape index (κ3) is 19.9. The van der Waals surface area contributed by atoms with E-state index in [1.165, 1.54) is 30.6 Å². The Bertz CT molecular complexity index is 774. The summed E-state index contributed by atoms with van der Waals surface area (Å²) in [6, 6.07) is 12.4. The fourth-order valence-corrected chi connectivity index (χ4v) is 3.51. The molecular formula is C29H49N5O4. The highest BCUT2D eigenvalue weighted by molar-refractivity contribution is 5.80. The number of hydrogen-bond donors (Lipinski definition) is 3. The first-order chi connectivity index (χ1) is 18.2. The summed E-state index contributed by atoms with van der Waals surface area (Å²) in [7, 11) is 5.53. The lowest BCUT2D eigenvalue weighted by atomic mass is 10.1. The molecule has 2 amide bonds. The van der Waals surface area contributed by atoms with E-state index in [1.54, 1.807) is 7.05 Å². The van der Waals surface area contributed by atoms with Gasteiger partial charge in [0.15, 0.2) is 0 Å². The molecule has 214 valence electrons. The first kappa shape index (κ1) is 36.9. The smallest absolute Gasteiger partial charge is 0.224 e. The Kier molecular flexibility index (Phi) is 24.7. The summed E-state index contributed by atoms with van der Waals surface area (Å²) in [5.74, 6) is 0.368. The molecule has 1 aromatic carbocycles. The molecule has 0 bridgehead atoms. The molecule has 1 heterocycles. The van der Waals surface area contributed by atoms with Gasteiger partial charge in [-0.3, -0.25) is 9.59 Å². The number of likely N-dealkylation sites (tertiary alicyclic amines) is 1. The summed E-state index contributed by atoms with van der Waals surface area (Å²) in [5, 5.41) is 17.3. The Morgan fingerprint density at radius 1 is 1.08 bits per heavy atom. The van der Waals surface area contributed by atoms with Gasteiger partial charge in [0.25, 0.3) is 0 Å². The molecule has 1 saturated carbocycles. The standard InChI is InChI=1S/C10H12N2O3.C7H9N.C6H13N.C4H10.C2H5NO/c11-5-9-4-8(7-14)6-12(9)10(15)2-1-3-13;1-8-7-5-3-2-4-6-7;1-7-6-4-2-3-5-6;1-4(2)3;1-3-2-4/h3,7-9H,1-2,4,6H2;2-6,8H,1H3;6-7H,2-5H2,1H3;4H,1-3H3;2H,1H3,(H,3,4). The van der Waals surface area contributed by atoms with Gasteiger partial charge in [0.2, 0.25) is 12.3 Å². The van der Waals surface area contributed by atoms with Crippen LogP contribution in [0.4, 0.5) is 5.69 Å². The van der Waals surface area contributed by atoms with Crippen molar-refractivity contribution < 1.29 is 19.2 Å². The van der Waals surface area contributed by atoms with Gasteiger partial charge in [0.1, 0.15) is 18.6 Å². The number of carbonyl (C=O) groups excluding carboxylic acids is 4. The van der Waals surface area contributed by atoms with Crippen LogP contribution in [0.3, 0.4) is 0 Å². The number of anilines is 1. The zero-order valence-electron chi connectivity index (χ0n) is 24.1. The van der Waals surface area contributed by atoms with Gasteiger partial charge in [-0.25, -0.2) is 0 Å². The highest BCUT2D eigenvalue weighted by atomic mass is 16.2. The highest BCUT2D eigenvalue weighted by Gasteiger charge is 2.34. The molecule has 3 N–H and O–H groups in total. The maximum absolute atomic E-state index is 11.5. The lowest BCUT2D eigenvalue weighted by molar-refractivity contribution is -0.132. The molecule has 1 aromatic rings. The SMILES string of the molecule is CC(C)C.CNC1CCCC1.CNC=O.CNc1ccccc1.N#CC1CC(C=O)CN1C(=O)CCC=O. The van der Waals surface area contributed by atoms with Gasteiger partial charge in [0, 0.05) is 51.1 Å². The fraction of sp³-hybridized carbons (Fsp3) is 0.621. The Morgan fingerprint density at radius 3 is 1.97 bits per heavy atom. The van der Waals surface area contributed by atoms with E-state index in [9.17, 15) is 14.4 Å². The number of nitrogens with zero attached hydrogens (tertiary/aromatic N) is 2. The van der Waals surface area contributed by atoms with E-state index in [2.05, 4.69) is 43.8 Å². The second-order valence-electron chi connectivity index (χ2n) is 9.55. The van der Waals surface area contributed by atoms with E-state index in [0.717, 1.165) is 23.9 Å². The van der Waals surface area contributed by atoms with Crippen molar-refractivity contribution in [1.82, 2.24) is 15.5 Å². The van der Waals surface area contributed by atoms with E-state index < -0.39 is 6.04 Å². The van der Waals surface area contributed by atoms with E-state index in [4.69, 9.17) is 10.1 Å². The van der Waals surface area contributed by atoms with Crippen LogP contribution in [-0.2, 0) is 19.2 Å². The van der Waals surface area contributed by atoms with Gasteiger partial charge in [-0.1, -0.05) is 51.8 Å². The monoisotopic (exact) mass is 531 g/mol. The lowest BCUT2D eigenvalue weighted by Crippen LogP contribution is -2.34. The Balaban J connectivity index is 0. The largest absolute Gasteiger partial charge is 0.388 e. The van der Waals surface area contributed by atoms with Crippen molar-refractivity contribution >= 4 is 30.6 Å². The van der Waals surface area contributed by atoms with E-state index in [-0.39, 0.29) is 24.7 Å². The molecule has 2 fully saturated rings. The topological polar surface area (TPSA) is 131 Å². The molecule has 9 nitrogen and oxygen atoms in total. The van der Waals surface area contributed by atoms with Crippen molar-refractivity contribution in [2.45, 2.75) is 77.8 Å². The maximum Gasteiger partial charge on any atom is 0.224 e. The third-order valence-electron chi connectivity index (χ3n) is 5.42.